The van der Waals surface area contributed by atoms with Crippen molar-refractivity contribution in [1.29, 1.82) is 0 Å². The summed E-state index contributed by atoms with van der Waals surface area (Å²) in [5, 5.41) is 1.78. The summed E-state index contributed by atoms with van der Waals surface area (Å²) < 4.78 is 64.8. The quantitative estimate of drug-likeness (QED) is 0.474. The molecule has 1 aromatic heterocycles. The lowest BCUT2D eigenvalue weighted by Gasteiger charge is -2.10. The first-order chi connectivity index (χ1) is 13.3. The Labute approximate surface area is 157 Å². The molecule has 0 saturated carbocycles. The number of rotatable bonds is 5. The molecule has 0 atom stereocenters. The highest BCUT2D eigenvalue weighted by Crippen LogP contribution is 2.26. The summed E-state index contributed by atoms with van der Waals surface area (Å²) in [6.07, 6.45) is 0. The van der Waals surface area contributed by atoms with E-state index in [9.17, 15) is 22.4 Å². The van der Waals surface area contributed by atoms with Crippen molar-refractivity contribution in [3.63, 3.8) is 0 Å². The fourth-order valence-corrected chi connectivity index (χ4v) is 2.61. The zero-order chi connectivity index (χ0) is 20.4. The number of nitrogens with one attached hydrogen (secondary N) is 1. The van der Waals surface area contributed by atoms with Gasteiger partial charge in [0.2, 0.25) is 0 Å². The van der Waals surface area contributed by atoms with Crippen molar-refractivity contribution < 1.29 is 31.5 Å². The van der Waals surface area contributed by atoms with Gasteiger partial charge in [-0.3, -0.25) is 4.79 Å². The number of hydrogen-bond acceptors (Lipinski definition) is 3. The summed E-state index contributed by atoms with van der Waals surface area (Å²) in [6, 6.07) is 8.40. The molecule has 3 aromatic rings. The third kappa shape index (κ3) is 3.85. The van der Waals surface area contributed by atoms with Crippen LogP contribution in [0.1, 0.15) is 27.4 Å². The maximum Gasteiger partial charge on any atom is 0.291 e. The molecule has 1 heterocycles. The molecule has 0 radical (unpaired) electrons. The van der Waals surface area contributed by atoms with E-state index in [2.05, 4.69) is 0 Å². The van der Waals surface area contributed by atoms with Crippen LogP contribution in [-0.2, 0) is 6.61 Å². The number of aryl methyl sites for hydroxylation is 2. The van der Waals surface area contributed by atoms with Gasteiger partial charge in [-0.05, 0) is 37.1 Å². The Morgan fingerprint density at radius 1 is 1.00 bits per heavy atom. The molecule has 146 valence electrons. The lowest BCUT2D eigenvalue weighted by molar-refractivity contribution is 0.0991. The van der Waals surface area contributed by atoms with E-state index in [0.29, 0.717) is 5.75 Å². The normalized spacial score (nSPS) is 10.8. The second-order valence-electron chi connectivity index (χ2n) is 6.07. The molecule has 28 heavy (non-hydrogen) atoms. The predicted octanol–water partition coefficient (Wildman–Crippen LogP) is 5.28. The van der Waals surface area contributed by atoms with Crippen LogP contribution >= 0.6 is 0 Å². The summed E-state index contributed by atoms with van der Waals surface area (Å²) in [7, 11) is 0. The number of carbonyl (C=O) groups is 1. The average molecular weight is 393 g/mol. The molecule has 0 unspecified atom stereocenters. The maximum atomic E-state index is 13.7. The van der Waals surface area contributed by atoms with Crippen molar-refractivity contribution in [2.45, 2.75) is 20.5 Å². The van der Waals surface area contributed by atoms with Gasteiger partial charge in [-0.15, -0.1) is 0 Å². The standard InChI is InChI=1S/C20H15F4NO3/c1-10-4-3-5-11(2)19(10)27-9-12-6-7-15(28-12)20(26)25-18-16(23)13(21)8-14(22)17(18)24/h3-8H,9H2,1-2H3,(H,25,26). The summed E-state index contributed by atoms with van der Waals surface area (Å²) >= 11 is 0. The number of benzene rings is 2. The number of furan rings is 1. The molecule has 0 aliphatic carbocycles. The van der Waals surface area contributed by atoms with Crippen LogP contribution in [0.15, 0.2) is 40.8 Å². The Balaban J connectivity index is 1.73. The molecule has 0 bridgehead atoms. The van der Waals surface area contributed by atoms with Crippen LogP contribution in [-0.4, -0.2) is 5.91 Å². The van der Waals surface area contributed by atoms with Crippen LogP contribution in [0, 0.1) is 37.1 Å². The van der Waals surface area contributed by atoms with E-state index in [-0.39, 0.29) is 24.2 Å². The Morgan fingerprint density at radius 3 is 2.21 bits per heavy atom. The van der Waals surface area contributed by atoms with Gasteiger partial charge < -0.3 is 14.5 Å². The number of carbonyl (C=O) groups excluding carboxylic acids is 1. The van der Waals surface area contributed by atoms with Gasteiger partial charge in [-0.25, -0.2) is 17.6 Å². The first-order valence-corrected chi connectivity index (χ1v) is 8.20. The fraction of sp³-hybridized carbons (Fsp3) is 0.150. The minimum Gasteiger partial charge on any atom is -0.485 e. The molecule has 2 aromatic carbocycles. The molecular formula is C20H15F4NO3. The molecule has 4 nitrogen and oxygen atoms in total. The molecule has 0 aliphatic heterocycles. The van der Waals surface area contributed by atoms with Crippen LogP contribution in [0.2, 0.25) is 0 Å². The highest BCUT2D eigenvalue weighted by Gasteiger charge is 2.22. The van der Waals surface area contributed by atoms with E-state index < -0.39 is 34.9 Å². The van der Waals surface area contributed by atoms with Crippen molar-refractivity contribution in [2.75, 3.05) is 5.32 Å². The second kappa shape index (κ2) is 7.75. The van der Waals surface area contributed by atoms with Crippen molar-refractivity contribution >= 4 is 11.6 Å². The first-order valence-electron chi connectivity index (χ1n) is 8.20. The molecule has 1 N–H and O–H groups in total. The van der Waals surface area contributed by atoms with Crippen molar-refractivity contribution in [3.8, 4) is 5.75 Å². The molecule has 1 amide bonds. The van der Waals surface area contributed by atoms with E-state index in [0.717, 1.165) is 11.1 Å². The Kier molecular flexibility index (Phi) is 5.39. The highest BCUT2D eigenvalue weighted by atomic mass is 19.2. The first kappa shape index (κ1) is 19.5. The average Bonchev–Trinajstić information content (AvgIpc) is 3.12. The summed E-state index contributed by atoms with van der Waals surface area (Å²) in [6.45, 7) is 3.77. The van der Waals surface area contributed by atoms with Crippen molar-refractivity contribution in [2.24, 2.45) is 0 Å². The van der Waals surface area contributed by atoms with Crippen LogP contribution in [0.25, 0.3) is 0 Å². The van der Waals surface area contributed by atoms with Gasteiger partial charge in [-0.1, -0.05) is 18.2 Å². The van der Waals surface area contributed by atoms with Crippen LogP contribution in [0.4, 0.5) is 23.2 Å². The van der Waals surface area contributed by atoms with E-state index >= 15 is 0 Å². The third-order valence-corrected chi connectivity index (χ3v) is 4.00. The SMILES string of the molecule is Cc1cccc(C)c1OCc1ccc(C(=O)Nc2c(F)c(F)cc(F)c2F)o1. The number of amides is 1. The van der Waals surface area contributed by atoms with Gasteiger partial charge in [0.05, 0.1) is 0 Å². The maximum absolute atomic E-state index is 13.7. The predicted molar refractivity (Wildman–Crippen MR) is 93.2 cm³/mol. The third-order valence-electron chi connectivity index (χ3n) is 4.00. The zero-order valence-electron chi connectivity index (χ0n) is 14.9. The monoisotopic (exact) mass is 393 g/mol. The second-order valence-corrected chi connectivity index (χ2v) is 6.07. The lowest BCUT2D eigenvalue weighted by Crippen LogP contribution is -2.15. The van der Waals surface area contributed by atoms with Gasteiger partial charge >= 0.3 is 0 Å². The van der Waals surface area contributed by atoms with Crippen molar-refractivity contribution in [1.82, 2.24) is 0 Å². The minimum atomic E-state index is -1.71. The number of halogens is 4. The fourth-order valence-electron chi connectivity index (χ4n) is 2.61. The Morgan fingerprint density at radius 2 is 1.61 bits per heavy atom. The van der Waals surface area contributed by atoms with Gasteiger partial charge in [0.1, 0.15) is 23.8 Å². The summed E-state index contributed by atoms with van der Waals surface area (Å²) in [5.41, 5.74) is 0.611. The highest BCUT2D eigenvalue weighted by molar-refractivity contribution is 6.02. The van der Waals surface area contributed by atoms with Gasteiger partial charge in [0.25, 0.3) is 5.91 Å². The molecular weight excluding hydrogens is 378 g/mol. The van der Waals surface area contributed by atoms with Gasteiger partial charge in [-0.2, -0.15) is 0 Å². The van der Waals surface area contributed by atoms with E-state index in [1.54, 1.807) is 5.32 Å². The molecule has 0 spiro atoms. The lowest BCUT2D eigenvalue weighted by atomic mass is 10.1. The van der Waals surface area contributed by atoms with Crippen LogP contribution < -0.4 is 10.1 Å². The minimum absolute atomic E-state index is 0.0102. The molecule has 0 saturated heterocycles. The molecule has 0 aliphatic rings. The van der Waals surface area contributed by atoms with Crippen molar-refractivity contribution in [3.05, 3.63) is 82.3 Å². The smallest absolute Gasteiger partial charge is 0.291 e. The largest absolute Gasteiger partial charge is 0.485 e. The number of para-hydroxylation sites is 1. The van der Waals surface area contributed by atoms with Gasteiger partial charge in [0, 0.05) is 6.07 Å². The van der Waals surface area contributed by atoms with Crippen LogP contribution in [0.5, 0.6) is 5.75 Å². The molecule has 8 heteroatoms. The van der Waals surface area contributed by atoms with E-state index in [1.165, 1.54) is 12.1 Å². The number of anilines is 1. The number of ether oxygens (including phenoxy) is 1. The van der Waals surface area contributed by atoms with Crippen LogP contribution in [0.3, 0.4) is 0 Å². The summed E-state index contributed by atoms with van der Waals surface area (Å²) in [5.74, 6) is -7.10. The van der Waals surface area contributed by atoms with Gasteiger partial charge in [0.15, 0.2) is 29.0 Å². The zero-order valence-corrected chi connectivity index (χ0v) is 14.9. The Hall–Kier alpha value is -3.29. The van der Waals surface area contributed by atoms with E-state index in [1.807, 2.05) is 32.0 Å². The molecule has 3 rings (SSSR count). The topological polar surface area (TPSA) is 51.5 Å². The Bertz CT molecular complexity index is 1000. The summed E-state index contributed by atoms with van der Waals surface area (Å²) in [4.78, 5) is 12.1. The van der Waals surface area contributed by atoms with E-state index in [4.69, 9.17) is 9.15 Å². The molecule has 0 fully saturated rings. The number of hydrogen-bond donors (Lipinski definition) is 1.